The van der Waals surface area contributed by atoms with Crippen LogP contribution in [0.1, 0.15) is 32.1 Å². The maximum atomic E-state index is 12.5. The first-order valence-corrected chi connectivity index (χ1v) is 10.5. The Labute approximate surface area is 156 Å². The van der Waals surface area contributed by atoms with E-state index in [0.29, 0.717) is 23.8 Å². The third kappa shape index (κ3) is 3.11. The molecule has 4 aliphatic rings. The van der Waals surface area contributed by atoms with Crippen LogP contribution in [-0.4, -0.2) is 66.0 Å². The van der Waals surface area contributed by atoms with Crippen molar-refractivity contribution in [1.29, 1.82) is 0 Å². The molecule has 0 spiro atoms. The van der Waals surface area contributed by atoms with Gasteiger partial charge in [0.25, 0.3) is 0 Å². The smallest absolute Gasteiger partial charge is 0.225 e. The molecule has 3 heterocycles. The summed E-state index contributed by atoms with van der Waals surface area (Å²) in [6.07, 6.45) is 8.11. The van der Waals surface area contributed by atoms with Crippen LogP contribution < -0.4 is 4.90 Å². The quantitative estimate of drug-likeness (QED) is 0.835. The monoisotopic (exact) mass is 354 g/mol. The first-order valence-electron chi connectivity index (χ1n) is 10.5. The Kier molecular flexibility index (Phi) is 4.35. The number of hydrogen-bond acceptors (Lipinski definition) is 4. The van der Waals surface area contributed by atoms with Gasteiger partial charge in [-0.1, -0.05) is 12.5 Å². The number of hydrogen-bond donors (Lipinski definition) is 0. The lowest BCUT2D eigenvalue weighted by molar-refractivity contribution is -0.131. The normalized spacial score (nSPS) is 32.5. The van der Waals surface area contributed by atoms with Gasteiger partial charge >= 0.3 is 0 Å². The van der Waals surface area contributed by atoms with Crippen LogP contribution in [0.3, 0.4) is 0 Å². The van der Waals surface area contributed by atoms with E-state index in [0.717, 1.165) is 63.8 Å². The number of piperazine rings is 1. The van der Waals surface area contributed by atoms with E-state index in [1.807, 2.05) is 12.3 Å². The minimum atomic E-state index is 0.371. The topological polar surface area (TPSA) is 39.7 Å². The summed E-state index contributed by atoms with van der Waals surface area (Å²) < 4.78 is 0. The van der Waals surface area contributed by atoms with Gasteiger partial charge in [-0.15, -0.1) is 0 Å². The molecule has 2 saturated heterocycles. The summed E-state index contributed by atoms with van der Waals surface area (Å²) in [4.78, 5) is 24.4. The van der Waals surface area contributed by atoms with Crippen molar-refractivity contribution < 1.29 is 4.79 Å². The maximum absolute atomic E-state index is 12.5. The molecule has 26 heavy (non-hydrogen) atoms. The summed E-state index contributed by atoms with van der Waals surface area (Å²) in [6.45, 7) is 6.43. The fourth-order valence-electron chi connectivity index (χ4n) is 5.49. The van der Waals surface area contributed by atoms with Crippen LogP contribution in [0.2, 0.25) is 0 Å². The van der Waals surface area contributed by atoms with E-state index in [-0.39, 0.29) is 0 Å². The van der Waals surface area contributed by atoms with Gasteiger partial charge in [-0.05, 0) is 49.7 Å². The Morgan fingerprint density at radius 2 is 1.85 bits per heavy atom. The second-order valence-electron chi connectivity index (χ2n) is 8.65. The highest BCUT2D eigenvalue weighted by Crippen LogP contribution is 2.41. The van der Waals surface area contributed by atoms with Crippen LogP contribution in [0.4, 0.5) is 5.82 Å². The molecule has 3 atom stereocenters. The number of aromatic nitrogens is 1. The molecule has 2 aliphatic heterocycles. The number of carbonyl (C=O) groups excluding carboxylic acids is 1. The third-order valence-corrected chi connectivity index (χ3v) is 7.06. The zero-order chi connectivity index (χ0) is 17.5. The van der Waals surface area contributed by atoms with Gasteiger partial charge in [-0.3, -0.25) is 9.69 Å². The van der Waals surface area contributed by atoms with E-state index in [4.69, 9.17) is 0 Å². The van der Waals surface area contributed by atoms with Gasteiger partial charge in [0, 0.05) is 57.4 Å². The lowest BCUT2D eigenvalue weighted by atomic mass is 9.77. The van der Waals surface area contributed by atoms with Crippen molar-refractivity contribution in [2.75, 3.05) is 44.2 Å². The number of amides is 1. The van der Waals surface area contributed by atoms with Crippen molar-refractivity contribution in [3.8, 4) is 0 Å². The van der Waals surface area contributed by atoms with E-state index in [2.05, 4.69) is 31.8 Å². The SMILES string of the molecule is O=C(C1CC1)N1C[C@@H]2CCCC(N3CCN(c4ccccn4)CC3)[C@@H]2C1. The van der Waals surface area contributed by atoms with Crippen molar-refractivity contribution in [1.82, 2.24) is 14.8 Å². The van der Waals surface area contributed by atoms with Crippen molar-refractivity contribution in [3.05, 3.63) is 24.4 Å². The largest absolute Gasteiger partial charge is 0.354 e. The summed E-state index contributed by atoms with van der Waals surface area (Å²) in [6, 6.07) is 6.85. The van der Waals surface area contributed by atoms with Gasteiger partial charge in [0.15, 0.2) is 0 Å². The van der Waals surface area contributed by atoms with E-state index >= 15 is 0 Å². The average Bonchev–Trinajstić information content (AvgIpc) is 3.46. The highest BCUT2D eigenvalue weighted by molar-refractivity contribution is 5.81. The maximum Gasteiger partial charge on any atom is 0.225 e. The molecule has 0 radical (unpaired) electrons. The molecule has 0 aromatic carbocycles. The minimum Gasteiger partial charge on any atom is -0.354 e. The molecule has 5 rings (SSSR count). The number of carbonyl (C=O) groups is 1. The van der Waals surface area contributed by atoms with Gasteiger partial charge < -0.3 is 9.80 Å². The Morgan fingerprint density at radius 3 is 2.58 bits per heavy atom. The standard InChI is InChI=1S/C21H30N4O/c26-21(16-7-8-16)25-14-17-4-3-5-19(18(17)15-25)23-10-12-24(13-11-23)20-6-1-2-9-22-20/h1-2,6,9,16-19H,3-5,7-8,10-15H2/t17-,18+,19?/m0/s1. The number of fused-ring (bicyclic) bond motifs is 1. The first kappa shape index (κ1) is 16.5. The zero-order valence-corrected chi connectivity index (χ0v) is 15.6. The van der Waals surface area contributed by atoms with E-state index in [9.17, 15) is 4.79 Å². The molecular weight excluding hydrogens is 324 g/mol. The number of pyridine rings is 1. The summed E-state index contributed by atoms with van der Waals surface area (Å²) >= 11 is 0. The molecule has 5 nitrogen and oxygen atoms in total. The fraction of sp³-hybridized carbons (Fsp3) is 0.714. The second kappa shape index (κ2) is 6.84. The Bertz CT molecular complexity index is 639. The Balaban J connectivity index is 1.22. The lowest BCUT2D eigenvalue weighted by Gasteiger charge is -2.45. The van der Waals surface area contributed by atoms with E-state index in [1.54, 1.807) is 0 Å². The molecule has 1 aromatic heterocycles. The van der Waals surface area contributed by atoms with Crippen LogP contribution in [0, 0.1) is 17.8 Å². The molecule has 0 bridgehead atoms. The Hall–Kier alpha value is -1.62. The predicted molar refractivity (Wildman–Crippen MR) is 102 cm³/mol. The van der Waals surface area contributed by atoms with Gasteiger partial charge in [0.05, 0.1) is 0 Å². The number of nitrogens with zero attached hydrogens (tertiary/aromatic N) is 4. The second-order valence-corrected chi connectivity index (χ2v) is 8.65. The molecule has 1 amide bonds. The van der Waals surface area contributed by atoms with Crippen molar-refractivity contribution in [2.24, 2.45) is 17.8 Å². The molecule has 2 aliphatic carbocycles. The molecule has 1 unspecified atom stereocenters. The minimum absolute atomic E-state index is 0.371. The van der Waals surface area contributed by atoms with Crippen molar-refractivity contribution >= 4 is 11.7 Å². The van der Waals surface area contributed by atoms with Gasteiger partial charge in [-0.25, -0.2) is 4.98 Å². The van der Waals surface area contributed by atoms with Crippen LogP contribution >= 0.6 is 0 Å². The average molecular weight is 354 g/mol. The summed E-state index contributed by atoms with van der Waals surface area (Å²) in [7, 11) is 0. The number of rotatable bonds is 3. The molecular formula is C21H30N4O. The van der Waals surface area contributed by atoms with Gasteiger partial charge in [0.1, 0.15) is 5.82 Å². The molecule has 5 heteroatoms. The molecule has 4 fully saturated rings. The van der Waals surface area contributed by atoms with Crippen molar-refractivity contribution in [3.63, 3.8) is 0 Å². The van der Waals surface area contributed by atoms with Crippen molar-refractivity contribution in [2.45, 2.75) is 38.1 Å². The lowest BCUT2D eigenvalue weighted by Crippen LogP contribution is -2.54. The molecule has 2 saturated carbocycles. The molecule has 1 aromatic rings. The number of anilines is 1. The van der Waals surface area contributed by atoms with E-state index in [1.165, 1.54) is 19.3 Å². The van der Waals surface area contributed by atoms with E-state index < -0.39 is 0 Å². The number of likely N-dealkylation sites (tertiary alicyclic amines) is 1. The summed E-state index contributed by atoms with van der Waals surface area (Å²) in [5.74, 6) is 3.38. The highest BCUT2D eigenvalue weighted by atomic mass is 16.2. The van der Waals surface area contributed by atoms with Gasteiger partial charge in [-0.2, -0.15) is 0 Å². The zero-order valence-electron chi connectivity index (χ0n) is 15.6. The summed E-state index contributed by atoms with van der Waals surface area (Å²) in [5.41, 5.74) is 0. The van der Waals surface area contributed by atoms with Crippen LogP contribution in [-0.2, 0) is 4.79 Å². The molecule has 140 valence electrons. The first-order chi connectivity index (χ1) is 12.8. The third-order valence-electron chi connectivity index (χ3n) is 7.06. The highest BCUT2D eigenvalue weighted by Gasteiger charge is 2.46. The fourth-order valence-corrected chi connectivity index (χ4v) is 5.49. The predicted octanol–water partition coefficient (Wildman–Crippen LogP) is 2.24. The molecule has 0 N–H and O–H groups in total. The van der Waals surface area contributed by atoms with Crippen LogP contribution in [0.25, 0.3) is 0 Å². The Morgan fingerprint density at radius 1 is 1.00 bits per heavy atom. The summed E-state index contributed by atoms with van der Waals surface area (Å²) in [5, 5.41) is 0. The van der Waals surface area contributed by atoms with Crippen LogP contribution in [0.15, 0.2) is 24.4 Å². The van der Waals surface area contributed by atoms with Crippen LogP contribution in [0.5, 0.6) is 0 Å². The van der Waals surface area contributed by atoms with Gasteiger partial charge in [0.2, 0.25) is 5.91 Å².